The van der Waals surface area contributed by atoms with Gasteiger partial charge < -0.3 is 0 Å². The summed E-state index contributed by atoms with van der Waals surface area (Å²) in [5.41, 5.74) is 29.4. The zero-order valence-corrected chi connectivity index (χ0v) is 63.0. The molecule has 0 saturated heterocycles. The second-order valence-corrected chi connectivity index (χ2v) is 26.5. The van der Waals surface area contributed by atoms with Crippen LogP contribution in [0.5, 0.6) is 0 Å². The molecule has 0 N–H and O–H groups in total. The Morgan fingerprint density at radius 2 is 0.705 bits per heavy atom. The third kappa shape index (κ3) is 25.2. The molecule has 0 bridgehead atoms. The molecule has 0 fully saturated rings. The Bertz CT molecular complexity index is 4870. The van der Waals surface area contributed by atoms with Crippen molar-refractivity contribution in [2.45, 2.75) is 185 Å². The van der Waals surface area contributed by atoms with Gasteiger partial charge in [-0.05, 0) is 184 Å². The van der Waals surface area contributed by atoms with Gasteiger partial charge in [-0.3, -0.25) is 0 Å². The molecule has 12 aromatic rings. The summed E-state index contributed by atoms with van der Waals surface area (Å²) in [5.74, 6) is -0.509. The number of aromatic nitrogens is 6. The Balaban J connectivity index is 0.000000660. The van der Waals surface area contributed by atoms with Crippen LogP contribution in [0.15, 0.2) is 256 Å². The van der Waals surface area contributed by atoms with Crippen molar-refractivity contribution in [3.8, 4) is 67.5 Å². The molecule has 12 rings (SSSR count). The van der Waals surface area contributed by atoms with E-state index in [9.17, 15) is 0 Å². The van der Waals surface area contributed by atoms with Crippen LogP contribution < -0.4 is 27.4 Å². The maximum absolute atomic E-state index is 8.16. The second-order valence-electron chi connectivity index (χ2n) is 26.5. The van der Waals surface area contributed by atoms with Gasteiger partial charge >= 0.3 is 0 Å². The third-order valence-corrected chi connectivity index (χ3v) is 18.4. The SMILES string of the molecule is C.C.C.C.C.C.CCc1cc[n+](C)c(-c2ccccc2C)c1.CCc1ccc[n+](C)c1-c1ccccc1C.Cc1ccccc1-c1c(C(C)C)ccc[n+]1C.Cc1ccccc1-c1cc(C(C)C)cc[n+]1C.[2H]C([2H])(C)c1ccc(-c2ccccc2C)[n+](C)c1.[2H]C([2H])([2H])C([2H])(C)c1ccc(-c2ccccc2C)[n+](C)c1. The third-order valence-electron chi connectivity index (χ3n) is 18.4. The van der Waals surface area contributed by atoms with Gasteiger partial charge in [-0.25, -0.2) is 27.4 Å². The van der Waals surface area contributed by atoms with E-state index >= 15 is 0 Å². The predicted octanol–water partition coefficient (Wildman–Crippen LogP) is 23.8. The van der Waals surface area contributed by atoms with Gasteiger partial charge in [-0.15, -0.1) is 0 Å². The molecule has 6 aromatic heterocycles. The summed E-state index contributed by atoms with van der Waals surface area (Å²) < 4.78 is 58.9. The molecule has 6 heterocycles. The smallest absolute Gasteiger partial charge is 0.201 e. The Kier molecular flexibility index (Phi) is 35.7. The average molecular weight is 1420 g/mol. The van der Waals surface area contributed by atoms with E-state index in [0.29, 0.717) is 23.0 Å². The van der Waals surface area contributed by atoms with Crippen molar-refractivity contribution in [3.63, 3.8) is 0 Å². The molecule has 6 aromatic carbocycles. The lowest BCUT2D eigenvalue weighted by Crippen LogP contribution is -2.32. The first-order valence-corrected chi connectivity index (χ1v) is 35.0. The molecular formula is C99H138N6+6. The molecule has 6 nitrogen and oxygen atoms in total. The maximum Gasteiger partial charge on any atom is 0.215 e. The van der Waals surface area contributed by atoms with Crippen LogP contribution in [-0.4, -0.2) is 0 Å². The van der Waals surface area contributed by atoms with Gasteiger partial charge in [0.1, 0.15) is 42.3 Å². The predicted molar refractivity (Wildman–Crippen MR) is 458 cm³/mol. The Morgan fingerprint density at radius 3 is 1.10 bits per heavy atom. The highest BCUT2D eigenvalue weighted by molar-refractivity contribution is 5.67. The molecule has 0 aliphatic rings. The second kappa shape index (κ2) is 45.4. The highest BCUT2D eigenvalue weighted by atomic mass is 14.9. The first-order chi connectivity index (χ1) is 49.7. The van der Waals surface area contributed by atoms with Crippen LogP contribution in [0.1, 0.15) is 200 Å². The van der Waals surface area contributed by atoms with Gasteiger partial charge in [0, 0.05) is 112 Å². The van der Waals surface area contributed by atoms with Gasteiger partial charge in [-0.1, -0.05) is 216 Å². The highest BCUT2D eigenvalue weighted by Crippen LogP contribution is 2.30. The summed E-state index contributed by atoms with van der Waals surface area (Å²) in [7, 11) is 12.3. The number of aryl methyl sites for hydroxylation is 15. The standard InChI is InChI=1S/3C16H20N.3C15H18N.6CH4/c1-12(2)14-10-7-11-17(4)16(14)15-9-6-5-8-13(15)3;1-12(2)14-9-10-17(4)16(11-14)15-8-6-5-7-13(15)3;1-12(2)14-9-10-16(17(4)11-14)15-8-6-5-7-13(15)3;1-4-13-9-7-11-16(3)15(13)14-10-6-5-8-12(14)2;1-4-13-9-10-16(3)15(11-13)14-8-6-5-7-12(14)2;1-4-13-9-10-15(16(3)11-13)14-8-6-5-7-12(14)2;;;;;;/h3*5-12H,1-4H3;3*5-11H,4H2,1-3H3;6*1H4/q6*+1;;;;;;/i;;1D3,12D;;;4D2;;;;;;. The fraction of sp³-hybridized carbons (Fsp3) is 0.333. The molecule has 558 valence electrons. The van der Waals surface area contributed by atoms with Crippen LogP contribution in [0.25, 0.3) is 67.5 Å². The van der Waals surface area contributed by atoms with Crippen molar-refractivity contribution >= 4 is 0 Å². The van der Waals surface area contributed by atoms with Gasteiger partial charge in [0.25, 0.3) is 0 Å². The number of benzene rings is 6. The number of nitrogens with zero attached hydrogens (tertiary/aromatic N) is 6. The van der Waals surface area contributed by atoms with Gasteiger partial charge in [0.2, 0.25) is 34.2 Å². The van der Waals surface area contributed by atoms with E-state index < -0.39 is 19.1 Å². The van der Waals surface area contributed by atoms with Crippen molar-refractivity contribution in [1.82, 2.24) is 0 Å². The molecule has 0 spiro atoms. The lowest BCUT2D eigenvalue weighted by molar-refractivity contribution is -0.661. The van der Waals surface area contributed by atoms with Gasteiger partial charge in [0.05, 0.1) is 0 Å². The van der Waals surface area contributed by atoms with Crippen LogP contribution in [0.4, 0.5) is 0 Å². The molecule has 6 heteroatoms. The first kappa shape index (κ1) is 82.5. The summed E-state index contributed by atoms with van der Waals surface area (Å²) in [6, 6.07) is 75.6. The summed E-state index contributed by atoms with van der Waals surface area (Å²) >= 11 is 0. The molecule has 0 radical (unpaired) electrons. The van der Waals surface area contributed by atoms with E-state index in [0.717, 1.165) is 35.4 Å². The van der Waals surface area contributed by atoms with E-state index in [2.05, 4.69) is 305 Å². The Hall–Kier alpha value is -9.78. The molecule has 1 atom stereocenters. The topological polar surface area (TPSA) is 23.3 Å². The van der Waals surface area contributed by atoms with Gasteiger partial charge in [-0.2, -0.15) is 0 Å². The van der Waals surface area contributed by atoms with Crippen molar-refractivity contribution in [1.29, 1.82) is 0 Å². The van der Waals surface area contributed by atoms with Crippen LogP contribution in [0.2, 0.25) is 0 Å². The quantitative estimate of drug-likeness (QED) is 0.109. The zero-order chi connectivity index (χ0) is 77.1. The summed E-state index contributed by atoms with van der Waals surface area (Å²) in [6.07, 6.45) is 13.0. The summed E-state index contributed by atoms with van der Waals surface area (Å²) in [4.78, 5) is 0. The Labute approximate surface area is 649 Å². The molecule has 105 heavy (non-hydrogen) atoms. The number of pyridine rings is 6. The molecule has 0 aliphatic carbocycles. The number of hydrogen-bond acceptors (Lipinski definition) is 0. The fourth-order valence-corrected chi connectivity index (χ4v) is 12.3. The van der Waals surface area contributed by atoms with Crippen LogP contribution in [-0.2, 0) is 61.5 Å². The summed E-state index contributed by atoms with van der Waals surface area (Å²) in [6.45, 7) is 26.8. The minimum Gasteiger partial charge on any atom is -0.201 e. The molecular weight excluding hydrogens is 1270 g/mol. The average Bonchev–Trinajstić information content (AvgIpc) is 0.790. The van der Waals surface area contributed by atoms with Crippen molar-refractivity contribution in [2.75, 3.05) is 0 Å². The van der Waals surface area contributed by atoms with E-state index in [1.165, 1.54) is 108 Å². The van der Waals surface area contributed by atoms with Crippen molar-refractivity contribution < 1.29 is 35.6 Å². The largest absolute Gasteiger partial charge is 0.215 e. The summed E-state index contributed by atoms with van der Waals surface area (Å²) in [5, 5.41) is 0. The zero-order valence-electron chi connectivity index (χ0n) is 69.0. The van der Waals surface area contributed by atoms with E-state index in [1.54, 1.807) is 19.2 Å². The number of hydrogen-bond donors (Lipinski definition) is 0. The minimum absolute atomic E-state index is 0. The molecule has 0 aliphatic heterocycles. The van der Waals surface area contributed by atoms with Gasteiger partial charge in [0.15, 0.2) is 37.2 Å². The van der Waals surface area contributed by atoms with Crippen molar-refractivity contribution in [2.24, 2.45) is 42.3 Å². The van der Waals surface area contributed by atoms with E-state index in [1.807, 2.05) is 90.9 Å². The molecule has 0 saturated carbocycles. The van der Waals surface area contributed by atoms with Crippen molar-refractivity contribution in [3.05, 3.63) is 322 Å². The van der Waals surface area contributed by atoms with Crippen LogP contribution >= 0.6 is 0 Å². The number of rotatable bonds is 12. The van der Waals surface area contributed by atoms with Crippen LogP contribution in [0.3, 0.4) is 0 Å². The van der Waals surface area contributed by atoms with Crippen LogP contribution in [0, 0.1) is 41.5 Å². The molecule has 1 unspecified atom stereocenters. The normalized spacial score (nSPS) is 11.7. The highest BCUT2D eigenvalue weighted by Gasteiger charge is 2.21. The first-order valence-electron chi connectivity index (χ1n) is 38.0. The fourth-order valence-electron chi connectivity index (χ4n) is 12.3. The van der Waals surface area contributed by atoms with E-state index in [-0.39, 0.29) is 44.6 Å². The molecule has 0 amide bonds. The lowest BCUT2D eigenvalue weighted by atomic mass is 9.94. The Morgan fingerprint density at radius 1 is 0.324 bits per heavy atom. The minimum atomic E-state index is -2.36. The maximum atomic E-state index is 8.16. The van der Waals surface area contributed by atoms with E-state index in [4.69, 9.17) is 8.22 Å². The monoisotopic (exact) mass is 1420 g/mol. The lowest BCUT2D eigenvalue weighted by Gasteiger charge is -2.11.